The van der Waals surface area contributed by atoms with Crippen LogP contribution in [0.5, 0.6) is 0 Å². The third-order valence-electron chi connectivity index (χ3n) is 3.07. The summed E-state index contributed by atoms with van der Waals surface area (Å²) in [5.41, 5.74) is 0. The van der Waals surface area contributed by atoms with Crippen molar-refractivity contribution in [2.45, 2.75) is 39.4 Å². The van der Waals surface area contributed by atoms with Crippen molar-refractivity contribution in [2.24, 2.45) is 5.92 Å². The summed E-state index contributed by atoms with van der Waals surface area (Å²) in [6.07, 6.45) is 3.66. The molecule has 3 heteroatoms. The van der Waals surface area contributed by atoms with Crippen molar-refractivity contribution < 1.29 is 9.47 Å². The first-order chi connectivity index (χ1) is 7.26. The van der Waals surface area contributed by atoms with Gasteiger partial charge in [-0.15, -0.1) is 0 Å². The van der Waals surface area contributed by atoms with Crippen LogP contribution in [0.25, 0.3) is 0 Å². The molecule has 0 amide bonds. The van der Waals surface area contributed by atoms with E-state index in [2.05, 4.69) is 11.9 Å². The first-order valence-corrected chi connectivity index (χ1v) is 6.18. The summed E-state index contributed by atoms with van der Waals surface area (Å²) in [7, 11) is 2.19. The van der Waals surface area contributed by atoms with Gasteiger partial charge in [0.05, 0.1) is 0 Å². The van der Waals surface area contributed by atoms with Crippen LogP contribution in [0.3, 0.4) is 0 Å². The fourth-order valence-electron chi connectivity index (χ4n) is 2.13. The first kappa shape index (κ1) is 12.9. The van der Waals surface area contributed by atoms with Gasteiger partial charge in [0.25, 0.3) is 0 Å². The highest BCUT2D eigenvalue weighted by molar-refractivity contribution is 4.71. The van der Waals surface area contributed by atoms with Gasteiger partial charge in [0.2, 0.25) is 0 Å². The van der Waals surface area contributed by atoms with Crippen LogP contribution >= 0.6 is 0 Å². The number of ether oxygens (including phenoxy) is 2. The maximum atomic E-state index is 5.58. The molecule has 90 valence electrons. The maximum absolute atomic E-state index is 5.58. The molecule has 0 spiro atoms. The molecule has 1 rings (SSSR count). The summed E-state index contributed by atoms with van der Waals surface area (Å²) < 4.78 is 11.2. The van der Waals surface area contributed by atoms with Gasteiger partial charge in [-0.1, -0.05) is 0 Å². The minimum atomic E-state index is 0.0217. The van der Waals surface area contributed by atoms with E-state index in [1.807, 2.05) is 13.8 Å². The quantitative estimate of drug-likeness (QED) is 0.633. The summed E-state index contributed by atoms with van der Waals surface area (Å²) >= 11 is 0. The van der Waals surface area contributed by atoms with Crippen LogP contribution in [0.4, 0.5) is 0 Å². The van der Waals surface area contributed by atoms with Gasteiger partial charge in [-0.25, -0.2) is 0 Å². The van der Waals surface area contributed by atoms with Crippen LogP contribution in [-0.2, 0) is 9.47 Å². The normalized spacial score (nSPS) is 20.0. The molecule has 0 N–H and O–H groups in total. The van der Waals surface area contributed by atoms with E-state index in [0.717, 1.165) is 25.6 Å². The number of hydrogen-bond donors (Lipinski definition) is 0. The molecule has 1 fully saturated rings. The SMILES string of the molecule is CCOC(CC1CCN(C)CC1)OCC. The molecular formula is C12H25NO2. The van der Waals surface area contributed by atoms with Crippen LogP contribution in [-0.4, -0.2) is 44.5 Å². The average Bonchev–Trinajstić information content (AvgIpc) is 2.22. The van der Waals surface area contributed by atoms with Crippen LogP contribution in [0.15, 0.2) is 0 Å². The molecule has 1 heterocycles. The van der Waals surface area contributed by atoms with Gasteiger partial charge in [0, 0.05) is 19.6 Å². The molecule has 1 saturated heterocycles. The van der Waals surface area contributed by atoms with Crippen LogP contribution < -0.4 is 0 Å². The monoisotopic (exact) mass is 215 g/mol. The van der Waals surface area contributed by atoms with Gasteiger partial charge in [-0.2, -0.15) is 0 Å². The van der Waals surface area contributed by atoms with Crippen molar-refractivity contribution in [2.75, 3.05) is 33.4 Å². The Labute approximate surface area is 93.7 Å². The number of nitrogens with zero attached hydrogens (tertiary/aromatic N) is 1. The maximum Gasteiger partial charge on any atom is 0.157 e. The molecular weight excluding hydrogens is 190 g/mol. The number of likely N-dealkylation sites (tertiary alicyclic amines) is 1. The van der Waals surface area contributed by atoms with Crippen molar-refractivity contribution in [3.05, 3.63) is 0 Å². The van der Waals surface area contributed by atoms with Gasteiger partial charge < -0.3 is 14.4 Å². The second kappa shape index (κ2) is 7.20. The van der Waals surface area contributed by atoms with Gasteiger partial charge in [0.1, 0.15) is 0 Å². The fourth-order valence-corrected chi connectivity index (χ4v) is 2.13. The Bertz CT molecular complexity index is 150. The summed E-state index contributed by atoms with van der Waals surface area (Å²) in [4.78, 5) is 2.40. The first-order valence-electron chi connectivity index (χ1n) is 6.18. The van der Waals surface area contributed by atoms with E-state index in [0.29, 0.717) is 0 Å². The molecule has 0 aromatic heterocycles. The predicted molar refractivity (Wildman–Crippen MR) is 61.9 cm³/mol. The molecule has 0 aromatic rings. The number of hydrogen-bond acceptors (Lipinski definition) is 3. The molecule has 1 aliphatic heterocycles. The van der Waals surface area contributed by atoms with Crippen LogP contribution in [0.1, 0.15) is 33.1 Å². The predicted octanol–water partition coefficient (Wildman–Crippen LogP) is 2.12. The molecule has 0 bridgehead atoms. The van der Waals surface area contributed by atoms with Crippen LogP contribution in [0, 0.1) is 5.92 Å². The lowest BCUT2D eigenvalue weighted by Gasteiger charge is -2.31. The highest BCUT2D eigenvalue weighted by Crippen LogP contribution is 2.22. The van der Waals surface area contributed by atoms with Crippen molar-refractivity contribution >= 4 is 0 Å². The summed E-state index contributed by atoms with van der Waals surface area (Å²) in [5, 5.41) is 0. The van der Waals surface area contributed by atoms with E-state index in [-0.39, 0.29) is 6.29 Å². The average molecular weight is 215 g/mol. The van der Waals surface area contributed by atoms with E-state index < -0.39 is 0 Å². The lowest BCUT2D eigenvalue weighted by molar-refractivity contribution is -0.148. The van der Waals surface area contributed by atoms with E-state index in [4.69, 9.17) is 9.47 Å². The Morgan fingerprint density at radius 3 is 2.13 bits per heavy atom. The highest BCUT2D eigenvalue weighted by atomic mass is 16.7. The molecule has 0 aromatic carbocycles. The summed E-state index contributed by atoms with van der Waals surface area (Å²) in [5.74, 6) is 0.782. The summed E-state index contributed by atoms with van der Waals surface area (Å²) in [6, 6.07) is 0. The van der Waals surface area contributed by atoms with Crippen molar-refractivity contribution in [3.8, 4) is 0 Å². The van der Waals surface area contributed by atoms with E-state index in [1.54, 1.807) is 0 Å². The molecule has 0 unspecified atom stereocenters. The third-order valence-corrected chi connectivity index (χ3v) is 3.07. The minimum absolute atomic E-state index is 0.0217. The number of piperidine rings is 1. The number of rotatable bonds is 6. The van der Waals surface area contributed by atoms with E-state index >= 15 is 0 Å². The second-order valence-electron chi connectivity index (χ2n) is 4.32. The standard InChI is InChI=1S/C12H25NO2/c1-4-14-12(15-5-2)10-11-6-8-13(3)9-7-11/h11-12H,4-10H2,1-3H3. The van der Waals surface area contributed by atoms with Crippen molar-refractivity contribution in [1.29, 1.82) is 0 Å². The Hall–Kier alpha value is -0.120. The largest absolute Gasteiger partial charge is 0.353 e. The Morgan fingerprint density at radius 1 is 1.13 bits per heavy atom. The van der Waals surface area contributed by atoms with Crippen molar-refractivity contribution in [1.82, 2.24) is 4.90 Å². The summed E-state index contributed by atoms with van der Waals surface area (Å²) in [6.45, 7) is 7.99. The van der Waals surface area contributed by atoms with Gasteiger partial charge >= 0.3 is 0 Å². The zero-order valence-electron chi connectivity index (χ0n) is 10.4. The molecule has 0 radical (unpaired) electrons. The molecule has 15 heavy (non-hydrogen) atoms. The van der Waals surface area contributed by atoms with Gasteiger partial charge in [0.15, 0.2) is 6.29 Å². The van der Waals surface area contributed by atoms with Gasteiger partial charge in [-0.05, 0) is 52.7 Å². The lowest BCUT2D eigenvalue weighted by Crippen LogP contribution is -2.32. The minimum Gasteiger partial charge on any atom is -0.353 e. The Balaban J connectivity index is 2.24. The van der Waals surface area contributed by atoms with E-state index in [9.17, 15) is 0 Å². The lowest BCUT2D eigenvalue weighted by atomic mass is 9.93. The molecule has 1 aliphatic rings. The zero-order chi connectivity index (χ0) is 11.1. The zero-order valence-corrected chi connectivity index (χ0v) is 10.4. The topological polar surface area (TPSA) is 21.7 Å². The second-order valence-corrected chi connectivity index (χ2v) is 4.32. The molecule has 3 nitrogen and oxygen atoms in total. The third kappa shape index (κ3) is 4.96. The molecule has 0 saturated carbocycles. The van der Waals surface area contributed by atoms with Crippen LogP contribution in [0.2, 0.25) is 0 Å². The Kier molecular flexibility index (Phi) is 6.22. The van der Waals surface area contributed by atoms with Crippen molar-refractivity contribution in [3.63, 3.8) is 0 Å². The van der Waals surface area contributed by atoms with Gasteiger partial charge in [-0.3, -0.25) is 0 Å². The smallest absolute Gasteiger partial charge is 0.157 e. The Morgan fingerprint density at radius 2 is 1.67 bits per heavy atom. The fraction of sp³-hybridized carbons (Fsp3) is 1.00. The highest BCUT2D eigenvalue weighted by Gasteiger charge is 2.21. The molecule has 0 atom stereocenters. The molecule has 0 aliphatic carbocycles. The van der Waals surface area contributed by atoms with E-state index in [1.165, 1.54) is 25.9 Å².